The Labute approximate surface area is 136 Å². The average molecular weight is 365 g/mol. The molecule has 22 heavy (non-hydrogen) atoms. The van der Waals surface area contributed by atoms with Crippen molar-refractivity contribution in [1.82, 2.24) is 20.4 Å². The van der Waals surface area contributed by atoms with Gasteiger partial charge in [-0.05, 0) is 24.3 Å². The monoisotopic (exact) mass is 364 g/mol. The minimum Gasteiger partial charge on any atom is -0.391 e. The van der Waals surface area contributed by atoms with E-state index in [4.69, 9.17) is 0 Å². The van der Waals surface area contributed by atoms with Gasteiger partial charge in [0.25, 0.3) is 5.91 Å². The largest absolute Gasteiger partial charge is 0.391 e. The summed E-state index contributed by atoms with van der Waals surface area (Å²) in [5.74, 6) is -0.118. The maximum atomic E-state index is 12.1. The Hall–Kier alpha value is -1.70. The molecule has 1 amide bonds. The van der Waals surface area contributed by atoms with Crippen LogP contribution in [0.3, 0.4) is 0 Å². The Morgan fingerprint density at radius 2 is 2.18 bits per heavy atom. The molecule has 0 aliphatic carbocycles. The van der Waals surface area contributed by atoms with Gasteiger partial charge in [-0.3, -0.25) is 4.79 Å². The fraction of sp³-hybridized carbons (Fsp3) is 0.333. The Balaban J connectivity index is 1.63. The molecule has 3 N–H and O–H groups in total. The predicted octanol–water partition coefficient (Wildman–Crippen LogP) is 0.945. The summed E-state index contributed by atoms with van der Waals surface area (Å²) in [7, 11) is 0. The summed E-state index contributed by atoms with van der Waals surface area (Å²) in [6.45, 7) is 1.76. The van der Waals surface area contributed by atoms with Gasteiger partial charge in [0.05, 0.1) is 23.6 Å². The molecule has 2 aromatic rings. The third-order valence-corrected chi connectivity index (χ3v) is 4.29. The van der Waals surface area contributed by atoms with E-state index in [0.717, 1.165) is 16.7 Å². The number of nitrogens with zero attached hydrogens (tertiary/aromatic N) is 2. The zero-order valence-electron chi connectivity index (χ0n) is 11.9. The van der Waals surface area contributed by atoms with Gasteiger partial charge in [0.1, 0.15) is 0 Å². The van der Waals surface area contributed by atoms with Crippen LogP contribution in [-0.2, 0) is 0 Å². The Morgan fingerprint density at radius 1 is 1.41 bits per heavy atom. The number of aromatic nitrogens is 2. The number of carbonyl (C=O) groups excluding carboxylic acids is 1. The van der Waals surface area contributed by atoms with E-state index in [-0.39, 0.29) is 11.8 Å². The molecule has 0 bridgehead atoms. The first-order chi connectivity index (χ1) is 10.6. The average Bonchev–Trinajstić information content (AvgIpc) is 3.15. The van der Waals surface area contributed by atoms with Gasteiger partial charge in [-0.15, -0.1) is 0 Å². The first-order valence-corrected chi connectivity index (χ1v) is 7.90. The predicted molar refractivity (Wildman–Crippen MR) is 86.0 cm³/mol. The Bertz CT molecular complexity index is 656. The van der Waals surface area contributed by atoms with Crippen LogP contribution in [0.15, 0.2) is 41.1 Å². The molecular formula is C15H17BrN4O2. The van der Waals surface area contributed by atoms with E-state index in [0.29, 0.717) is 18.7 Å². The zero-order valence-corrected chi connectivity index (χ0v) is 13.5. The van der Waals surface area contributed by atoms with Crippen LogP contribution in [0, 0.1) is 5.92 Å². The van der Waals surface area contributed by atoms with E-state index in [1.807, 2.05) is 24.3 Å². The molecule has 2 atom stereocenters. The molecule has 3 rings (SSSR count). The molecule has 6 nitrogen and oxygen atoms in total. The van der Waals surface area contributed by atoms with Crippen molar-refractivity contribution in [3.8, 4) is 5.69 Å². The SMILES string of the molecule is O=C(NCC1CNCC1O)c1cnn(-c2ccc(Br)cc2)c1. The molecule has 1 aromatic heterocycles. The summed E-state index contributed by atoms with van der Waals surface area (Å²) in [6, 6.07) is 7.68. The quantitative estimate of drug-likeness (QED) is 0.754. The number of carbonyl (C=O) groups is 1. The van der Waals surface area contributed by atoms with Gasteiger partial charge in [0.2, 0.25) is 0 Å². The van der Waals surface area contributed by atoms with E-state index < -0.39 is 6.10 Å². The highest BCUT2D eigenvalue weighted by Crippen LogP contribution is 2.14. The first-order valence-electron chi connectivity index (χ1n) is 7.11. The van der Waals surface area contributed by atoms with Crippen LogP contribution >= 0.6 is 15.9 Å². The van der Waals surface area contributed by atoms with Gasteiger partial charge in [-0.2, -0.15) is 5.10 Å². The summed E-state index contributed by atoms with van der Waals surface area (Å²) >= 11 is 3.38. The summed E-state index contributed by atoms with van der Waals surface area (Å²) in [5.41, 5.74) is 1.39. The van der Waals surface area contributed by atoms with Crippen LogP contribution in [0.2, 0.25) is 0 Å². The number of halogens is 1. The van der Waals surface area contributed by atoms with Crippen molar-refractivity contribution in [3.63, 3.8) is 0 Å². The van der Waals surface area contributed by atoms with Gasteiger partial charge < -0.3 is 15.7 Å². The van der Waals surface area contributed by atoms with E-state index >= 15 is 0 Å². The number of aliphatic hydroxyl groups excluding tert-OH is 1. The molecule has 0 radical (unpaired) electrons. The lowest BCUT2D eigenvalue weighted by atomic mass is 10.1. The topological polar surface area (TPSA) is 79.2 Å². The molecule has 1 fully saturated rings. The number of aliphatic hydroxyl groups is 1. The molecular weight excluding hydrogens is 348 g/mol. The zero-order chi connectivity index (χ0) is 15.5. The lowest BCUT2D eigenvalue weighted by Gasteiger charge is -2.13. The maximum Gasteiger partial charge on any atom is 0.254 e. The van der Waals surface area contributed by atoms with Crippen molar-refractivity contribution in [2.45, 2.75) is 6.10 Å². The third-order valence-electron chi connectivity index (χ3n) is 3.76. The number of hydrogen-bond donors (Lipinski definition) is 3. The fourth-order valence-corrected chi connectivity index (χ4v) is 2.69. The second-order valence-electron chi connectivity index (χ2n) is 5.35. The normalized spacial score (nSPS) is 21.0. The van der Waals surface area contributed by atoms with Crippen molar-refractivity contribution in [2.75, 3.05) is 19.6 Å². The van der Waals surface area contributed by atoms with Gasteiger partial charge in [-0.25, -0.2) is 4.68 Å². The standard InChI is InChI=1S/C15H17BrN4O2/c16-12-1-3-13(4-2-12)20-9-11(7-19-20)15(22)18-6-10-5-17-8-14(10)21/h1-4,7,9-10,14,17,21H,5-6,8H2,(H,18,22). The lowest BCUT2D eigenvalue weighted by Crippen LogP contribution is -2.34. The van der Waals surface area contributed by atoms with E-state index in [1.54, 1.807) is 17.1 Å². The highest BCUT2D eigenvalue weighted by Gasteiger charge is 2.25. The number of hydrogen-bond acceptors (Lipinski definition) is 4. The summed E-state index contributed by atoms with van der Waals surface area (Å²) < 4.78 is 2.65. The van der Waals surface area contributed by atoms with E-state index in [2.05, 4.69) is 31.7 Å². The number of amides is 1. The van der Waals surface area contributed by atoms with Crippen LogP contribution in [-0.4, -0.2) is 46.5 Å². The number of β-amino-alcohol motifs (C(OH)–C–C–N with tert-alkyl or cyclic N) is 1. The number of nitrogens with one attached hydrogen (secondary N) is 2. The van der Waals surface area contributed by atoms with Crippen molar-refractivity contribution < 1.29 is 9.90 Å². The smallest absolute Gasteiger partial charge is 0.254 e. The minimum absolute atomic E-state index is 0.0606. The van der Waals surface area contributed by atoms with Gasteiger partial charge in [0.15, 0.2) is 0 Å². The van der Waals surface area contributed by atoms with E-state index in [9.17, 15) is 9.90 Å². The van der Waals surface area contributed by atoms with Gasteiger partial charge in [-0.1, -0.05) is 15.9 Å². The number of rotatable bonds is 4. The van der Waals surface area contributed by atoms with Crippen LogP contribution < -0.4 is 10.6 Å². The second-order valence-corrected chi connectivity index (χ2v) is 6.26. The lowest BCUT2D eigenvalue weighted by molar-refractivity contribution is 0.0927. The molecule has 1 saturated heterocycles. The second kappa shape index (κ2) is 6.60. The van der Waals surface area contributed by atoms with Crippen LogP contribution in [0.25, 0.3) is 5.69 Å². The molecule has 1 aromatic carbocycles. The highest BCUT2D eigenvalue weighted by molar-refractivity contribution is 9.10. The van der Waals surface area contributed by atoms with Crippen LogP contribution in [0.5, 0.6) is 0 Å². The molecule has 1 aliphatic rings. The summed E-state index contributed by atoms with van der Waals surface area (Å²) in [5, 5.41) is 19.9. The fourth-order valence-electron chi connectivity index (χ4n) is 2.43. The third kappa shape index (κ3) is 3.37. The van der Waals surface area contributed by atoms with Crippen LogP contribution in [0.1, 0.15) is 10.4 Å². The molecule has 2 heterocycles. The Kier molecular flexibility index (Phi) is 4.56. The first kappa shape index (κ1) is 15.2. The van der Waals surface area contributed by atoms with Crippen molar-refractivity contribution in [2.24, 2.45) is 5.92 Å². The van der Waals surface area contributed by atoms with Crippen molar-refractivity contribution >= 4 is 21.8 Å². The summed E-state index contributed by atoms with van der Waals surface area (Å²) in [6.07, 6.45) is 2.84. The van der Waals surface area contributed by atoms with Crippen LogP contribution in [0.4, 0.5) is 0 Å². The molecule has 116 valence electrons. The van der Waals surface area contributed by atoms with Gasteiger partial charge in [0, 0.05) is 36.2 Å². The molecule has 7 heteroatoms. The minimum atomic E-state index is -0.397. The molecule has 2 unspecified atom stereocenters. The molecule has 0 spiro atoms. The Morgan fingerprint density at radius 3 is 2.86 bits per heavy atom. The van der Waals surface area contributed by atoms with Gasteiger partial charge >= 0.3 is 0 Å². The van der Waals surface area contributed by atoms with Crippen molar-refractivity contribution in [3.05, 3.63) is 46.7 Å². The summed E-state index contributed by atoms with van der Waals surface area (Å²) in [4.78, 5) is 12.1. The highest BCUT2D eigenvalue weighted by atomic mass is 79.9. The molecule has 0 saturated carbocycles. The number of benzene rings is 1. The van der Waals surface area contributed by atoms with Crippen molar-refractivity contribution in [1.29, 1.82) is 0 Å². The maximum absolute atomic E-state index is 12.1. The van der Waals surface area contributed by atoms with E-state index in [1.165, 1.54) is 0 Å². The molecule has 1 aliphatic heterocycles.